The van der Waals surface area contributed by atoms with Gasteiger partial charge in [0.25, 0.3) is 0 Å². The molecule has 0 atom stereocenters. The van der Waals surface area contributed by atoms with Crippen LogP contribution in [-0.4, -0.2) is 11.6 Å². The molecule has 0 spiro atoms. The molecule has 2 aromatic heterocycles. The van der Waals surface area contributed by atoms with Gasteiger partial charge in [-0.15, -0.1) is 22.7 Å². The van der Waals surface area contributed by atoms with E-state index in [1.807, 2.05) is 23.6 Å². The van der Waals surface area contributed by atoms with Crippen LogP contribution in [0, 0.1) is 0 Å². The van der Waals surface area contributed by atoms with Gasteiger partial charge in [-0.2, -0.15) is 0 Å². The Bertz CT molecular complexity index is 499. The van der Waals surface area contributed by atoms with Crippen LogP contribution < -0.4 is 0 Å². The zero-order valence-electron chi connectivity index (χ0n) is 8.94. The molecule has 0 aliphatic heterocycles. The van der Waals surface area contributed by atoms with Crippen molar-refractivity contribution in [1.82, 2.24) is 0 Å². The fraction of sp³-hybridized carbons (Fsp3) is 0.167. The minimum absolute atomic E-state index is 0.0817. The van der Waals surface area contributed by atoms with Gasteiger partial charge in [-0.25, -0.2) is 0 Å². The number of hydrogen-bond acceptors (Lipinski definition) is 4. The van der Waals surface area contributed by atoms with Gasteiger partial charge < -0.3 is 0 Å². The van der Waals surface area contributed by atoms with Gasteiger partial charge in [0, 0.05) is 15.8 Å². The standard InChI is InChI=1S/C12H10O2S2/c1-7(13)10-3-4-11(16-10)9-5-12(8(2)14)15-6-9/h3-6H,1-2H3. The van der Waals surface area contributed by atoms with E-state index in [-0.39, 0.29) is 11.6 Å². The summed E-state index contributed by atoms with van der Waals surface area (Å²) in [5.74, 6) is 0.165. The summed E-state index contributed by atoms with van der Waals surface area (Å²) in [5, 5.41) is 1.95. The van der Waals surface area contributed by atoms with E-state index in [0.717, 1.165) is 20.2 Å². The molecule has 82 valence electrons. The number of thiophene rings is 2. The minimum Gasteiger partial charge on any atom is -0.294 e. The first-order chi connectivity index (χ1) is 7.58. The predicted octanol–water partition coefficient (Wildman–Crippen LogP) is 3.88. The molecular formula is C12H10O2S2. The first kappa shape index (κ1) is 11.2. The molecule has 2 nitrogen and oxygen atoms in total. The molecule has 0 saturated heterocycles. The van der Waals surface area contributed by atoms with Crippen molar-refractivity contribution in [2.45, 2.75) is 13.8 Å². The molecule has 16 heavy (non-hydrogen) atoms. The number of Topliss-reactive ketones (excluding diaryl/α,β-unsaturated/α-hetero) is 2. The first-order valence-corrected chi connectivity index (χ1v) is 6.48. The van der Waals surface area contributed by atoms with Crippen LogP contribution >= 0.6 is 22.7 Å². The highest BCUT2D eigenvalue weighted by atomic mass is 32.1. The third-order valence-electron chi connectivity index (χ3n) is 2.18. The molecule has 0 aliphatic rings. The van der Waals surface area contributed by atoms with Crippen molar-refractivity contribution >= 4 is 34.2 Å². The molecule has 2 aromatic rings. The summed E-state index contributed by atoms with van der Waals surface area (Å²) in [5.41, 5.74) is 1.02. The highest BCUT2D eigenvalue weighted by Crippen LogP contribution is 2.31. The van der Waals surface area contributed by atoms with Crippen molar-refractivity contribution in [1.29, 1.82) is 0 Å². The number of ketones is 2. The number of hydrogen-bond donors (Lipinski definition) is 0. The van der Waals surface area contributed by atoms with E-state index in [2.05, 4.69) is 0 Å². The Hall–Kier alpha value is -1.26. The quantitative estimate of drug-likeness (QED) is 0.775. The average Bonchev–Trinajstić information content (AvgIpc) is 2.86. The van der Waals surface area contributed by atoms with Crippen molar-refractivity contribution in [3.05, 3.63) is 33.3 Å². The van der Waals surface area contributed by atoms with Gasteiger partial charge >= 0.3 is 0 Å². The van der Waals surface area contributed by atoms with Crippen LogP contribution in [-0.2, 0) is 0 Å². The average molecular weight is 250 g/mol. The molecule has 0 unspecified atom stereocenters. The topological polar surface area (TPSA) is 34.1 Å². The van der Waals surface area contributed by atoms with Crippen molar-refractivity contribution in [2.24, 2.45) is 0 Å². The molecule has 0 aliphatic carbocycles. The van der Waals surface area contributed by atoms with Gasteiger partial charge in [0.2, 0.25) is 0 Å². The molecule has 0 amide bonds. The van der Waals surface area contributed by atoms with Crippen LogP contribution in [0.5, 0.6) is 0 Å². The summed E-state index contributed by atoms with van der Waals surface area (Å²) >= 11 is 2.91. The lowest BCUT2D eigenvalue weighted by molar-refractivity contribution is 0.101. The Morgan fingerprint density at radius 1 is 1.06 bits per heavy atom. The minimum atomic E-state index is 0.0817. The smallest absolute Gasteiger partial charge is 0.169 e. The van der Waals surface area contributed by atoms with E-state index in [0.29, 0.717) is 0 Å². The Labute approximate surface area is 102 Å². The second-order valence-corrected chi connectivity index (χ2v) is 5.47. The Balaban J connectivity index is 2.35. The van der Waals surface area contributed by atoms with Gasteiger partial charge in [0.15, 0.2) is 11.6 Å². The lowest BCUT2D eigenvalue weighted by atomic mass is 10.2. The summed E-state index contributed by atoms with van der Waals surface area (Å²) in [6.07, 6.45) is 0. The summed E-state index contributed by atoms with van der Waals surface area (Å²) < 4.78 is 0. The Kier molecular flexibility index (Phi) is 3.03. The Morgan fingerprint density at radius 2 is 1.75 bits per heavy atom. The van der Waals surface area contributed by atoms with Crippen LogP contribution in [0.15, 0.2) is 23.6 Å². The lowest BCUT2D eigenvalue weighted by Crippen LogP contribution is -1.84. The second kappa shape index (κ2) is 4.31. The van der Waals surface area contributed by atoms with Gasteiger partial charge in [0.05, 0.1) is 9.75 Å². The van der Waals surface area contributed by atoms with Gasteiger partial charge in [0.1, 0.15) is 0 Å². The second-order valence-electron chi connectivity index (χ2n) is 3.48. The largest absolute Gasteiger partial charge is 0.294 e. The molecule has 2 rings (SSSR count). The van der Waals surface area contributed by atoms with E-state index in [1.54, 1.807) is 13.8 Å². The van der Waals surface area contributed by atoms with E-state index in [1.165, 1.54) is 22.7 Å². The summed E-state index contributed by atoms with van der Waals surface area (Å²) in [7, 11) is 0. The summed E-state index contributed by atoms with van der Waals surface area (Å²) in [4.78, 5) is 24.9. The molecule has 0 fully saturated rings. The maximum absolute atomic E-state index is 11.2. The zero-order valence-corrected chi connectivity index (χ0v) is 10.6. The highest BCUT2D eigenvalue weighted by molar-refractivity contribution is 7.18. The van der Waals surface area contributed by atoms with Crippen LogP contribution in [0.25, 0.3) is 10.4 Å². The molecule has 0 N–H and O–H groups in total. The summed E-state index contributed by atoms with van der Waals surface area (Å²) in [6.45, 7) is 3.12. The lowest BCUT2D eigenvalue weighted by Gasteiger charge is -1.89. The fourth-order valence-corrected chi connectivity index (χ4v) is 3.11. The van der Waals surface area contributed by atoms with Crippen LogP contribution in [0.1, 0.15) is 33.2 Å². The van der Waals surface area contributed by atoms with Gasteiger partial charge in [-0.3, -0.25) is 9.59 Å². The molecule has 0 bridgehead atoms. The fourth-order valence-electron chi connectivity index (χ4n) is 1.33. The molecule has 2 heterocycles. The normalized spacial score (nSPS) is 10.4. The highest BCUT2D eigenvalue weighted by Gasteiger charge is 2.09. The van der Waals surface area contributed by atoms with Crippen LogP contribution in [0.3, 0.4) is 0 Å². The maximum atomic E-state index is 11.2. The molecule has 0 saturated carbocycles. The van der Waals surface area contributed by atoms with Gasteiger partial charge in [-0.1, -0.05) is 0 Å². The van der Waals surface area contributed by atoms with Crippen molar-refractivity contribution in [3.63, 3.8) is 0 Å². The van der Waals surface area contributed by atoms with Crippen LogP contribution in [0.4, 0.5) is 0 Å². The monoisotopic (exact) mass is 250 g/mol. The predicted molar refractivity (Wildman–Crippen MR) is 67.6 cm³/mol. The van der Waals surface area contributed by atoms with E-state index in [4.69, 9.17) is 0 Å². The van der Waals surface area contributed by atoms with Crippen LogP contribution in [0.2, 0.25) is 0 Å². The SMILES string of the molecule is CC(=O)c1cc(-c2ccc(C(C)=O)s2)cs1. The van der Waals surface area contributed by atoms with Crippen molar-refractivity contribution in [2.75, 3.05) is 0 Å². The third-order valence-corrected chi connectivity index (χ3v) is 4.45. The summed E-state index contributed by atoms with van der Waals surface area (Å²) in [6, 6.07) is 5.63. The van der Waals surface area contributed by atoms with E-state index < -0.39 is 0 Å². The number of rotatable bonds is 3. The first-order valence-electron chi connectivity index (χ1n) is 4.78. The van der Waals surface area contributed by atoms with Gasteiger partial charge in [-0.05, 0) is 32.0 Å². The third kappa shape index (κ3) is 2.13. The number of carbonyl (C=O) groups is 2. The van der Waals surface area contributed by atoms with Crippen molar-refractivity contribution < 1.29 is 9.59 Å². The van der Waals surface area contributed by atoms with E-state index >= 15 is 0 Å². The molecule has 0 radical (unpaired) electrons. The van der Waals surface area contributed by atoms with E-state index in [9.17, 15) is 9.59 Å². The van der Waals surface area contributed by atoms with Crippen molar-refractivity contribution in [3.8, 4) is 10.4 Å². The molecule has 0 aromatic carbocycles. The zero-order chi connectivity index (χ0) is 11.7. The Morgan fingerprint density at radius 3 is 2.25 bits per heavy atom. The number of carbonyl (C=O) groups excluding carboxylic acids is 2. The maximum Gasteiger partial charge on any atom is 0.169 e. The molecular weight excluding hydrogens is 240 g/mol. The molecule has 4 heteroatoms.